The van der Waals surface area contributed by atoms with Gasteiger partial charge in [-0.25, -0.2) is 0 Å². The third kappa shape index (κ3) is 2.77. The predicted molar refractivity (Wildman–Crippen MR) is 73.5 cm³/mol. The number of ether oxygens (including phenoxy) is 2. The van der Waals surface area contributed by atoms with E-state index in [0.29, 0.717) is 5.92 Å². The minimum atomic E-state index is -0.345. The topological polar surface area (TPSA) is 38.7 Å². The predicted octanol–water partition coefficient (Wildman–Crippen LogP) is 2.34. The van der Waals surface area contributed by atoms with Gasteiger partial charge in [0.05, 0.1) is 18.8 Å². The van der Waals surface area contributed by atoms with Crippen LogP contribution in [-0.2, 0) is 17.6 Å². The fourth-order valence-electron chi connectivity index (χ4n) is 3.08. The summed E-state index contributed by atoms with van der Waals surface area (Å²) >= 11 is 0. The lowest BCUT2D eigenvalue weighted by Gasteiger charge is -2.21. The third-order valence-corrected chi connectivity index (χ3v) is 4.31. The van der Waals surface area contributed by atoms with Crippen LogP contribution < -0.4 is 4.74 Å². The molecule has 0 amide bonds. The van der Waals surface area contributed by atoms with E-state index in [4.69, 9.17) is 9.47 Å². The van der Waals surface area contributed by atoms with Gasteiger partial charge in [-0.2, -0.15) is 0 Å². The summed E-state index contributed by atoms with van der Waals surface area (Å²) in [4.78, 5) is 0. The van der Waals surface area contributed by atoms with Crippen molar-refractivity contribution in [1.29, 1.82) is 0 Å². The van der Waals surface area contributed by atoms with Gasteiger partial charge in [0.2, 0.25) is 0 Å². The number of hydrogen-bond donors (Lipinski definition) is 1. The zero-order valence-corrected chi connectivity index (χ0v) is 11.5. The molecule has 1 aromatic rings. The molecule has 104 valence electrons. The molecule has 1 aromatic carbocycles. The van der Waals surface area contributed by atoms with Crippen LogP contribution in [0.15, 0.2) is 18.2 Å². The van der Waals surface area contributed by atoms with Gasteiger partial charge >= 0.3 is 0 Å². The monoisotopic (exact) mass is 262 g/mol. The van der Waals surface area contributed by atoms with Crippen molar-refractivity contribution in [2.75, 3.05) is 13.2 Å². The Hall–Kier alpha value is -1.06. The van der Waals surface area contributed by atoms with Crippen molar-refractivity contribution < 1.29 is 14.6 Å². The van der Waals surface area contributed by atoms with Crippen LogP contribution in [0.1, 0.15) is 30.9 Å². The molecule has 2 heterocycles. The standard InChI is InChI=1S/C16H22O3/c1-11-6-8-19-16(11)14(17)4-2-12-3-5-15-13(10-12)7-9-18-15/h3,5,10-11,14,16-17H,2,4,6-9H2,1H3. The number of hydrogen-bond acceptors (Lipinski definition) is 3. The van der Waals surface area contributed by atoms with Crippen molar-refractivity contribution in [1.82, 2.24) is 0 Å². The first-order valence-corrected chi connectivity index (χ1v) is 7.28. The minimum absolute atomic E-state index is 0.0257. The van der Waals surface area contributed by atoms with E-state index in [1.807, 2.05) is 0 Å². The molecular weight excluding hydrogens is 240 g/mol. The Labute approximate surface area is 114 Å². The summed E-state index contributed by atoms with van der Waals surface area (Å²) in [6.07, 6.45) is 3.43. The number of aryl methyl sites for hydroxylation is 1. The molecule has 2 aliphatic rings. The zero-order chi connectivity index (χ0) is 13.2. The lowest BCUT2D eigenvalue weighted by molar-refractivity contribution is -0.0197. The highest BCUT2D eigenvalue weighted by atomic mass is 16.5. The van der Waals surface area contributed by atoms with Gasteiger partial charge in [-0.3, -0.25) is 0 Å². The van der Waals surface area contributed by atoms with Gasteiger partial charge in [0.1, 0.15) is 5.75 Å². The van der Waals surface area contributed by atoms with Crippen LogP contribution in [0.3, 0.4) is 0 Å². The van der Waals surface area contributed by atoms with Crippen LogP contribution in [0.2, 0.25) is 0 Å². The van der Waals surface area contributed by atoms with E-state index in [0.717, 1.165) is 44.6 Å². The summed E-state index contributed by atoms with van der Waals surface area (Å²) in [6.45, 7) is 3.75. The minimum Gasteiger partial charge on any atom is -0.493 e. The molecule has 0 aromatic heterocycles. The van der Waals surface area contributed by atoms with E-state index < -0.39 is 0 Å². The summed E-state index contributed by atoms with van der Waals surface area (Å²) in [5.74, 6) is 1.50. The van der Waals surface area contributed by atoms with E-state index in [1.165, 1.54) is 11.1 Å². The molecule has 2 aliphatic heterocycles. The maximum Gasteiger partial charge on any atom is 0.122 e. The smallest absolute Gasteiger partial charge is 0.122 e. The number of aliphatic hydroxyl groups is 1. The molecule has 3 rings (SSSR count). The molecule has 3 atom stereocenters. The van der Waals surface area contributed by atoms with Gasteiger partial charge < -0.3 is 14.6 Å². The number of rotatable bonds is 4. The molecule has 0 saturated carbocycles. The molecule has 0 bridgehead atoms. The van der Waals surface area contributed by atoms with Crippen molar-refractivity contribution in [3.8, 4) is 5.75 Å². The van der Waals surface area contributed by atoms with Gasteiger partial charge in [-0.05, 0) is 42.4 Å². The second-order valence-electron chi connectivity index (χ2n) is 5.75. The Morgan fingerprint density at radius 2 is 2.26 bits per heavy atom. The Morgan fingerprint density at radius 3 is 3.05 bits per heavy atom. The van der Waals surface area contributed by atoms with Crippen LogP contribution >= 0.6 is 0 Å². The van der Waals surface area contributed by atoms with Gasteiger partial charge in [0.15, 0.2) is 0 Å². The second kappa shape index (κ2) is 5.51. The molecule has 3 nitrogen and oxygen atoms in total. The molecule has 19 heavy (non-hydrogen) atoms. The van der Waals surface area contributed by atoms with Crippen molar-refractivity contribution in [2.45, 2.75) is 44.8 Å². The molecule has 1 fully saturated rings. The van der Waals surface area contributed by atoms with Gasteiger partial charge in [0.25, 0.3) is 0 Å². The van der Waals surface area contributed by atoms with E-state index >= 15 is 0 Å². The van der Waals surface area contributed by atoms with Crippen molar-refractivity contribution in [3.63, 3.8) is 0 Å². The Kier molecular flexibility index (Phi) is 3.76. The van der Waals surface area contributed by atoms with Crippen LogP contribution in [-0.4, -0.2) is 30.5 Å². The van der Waals surface area contributed by atoms with Gasteiger partial charge in [-0.1, -0.05) is 19.1 Å². The Bertz CT molecular complexity index is 444. The maximum absolute atomic E-state index is 10.2. The first-order valence-electron chi connectivity index (χ1n) is 7.28. The van der Waals surface area contributed by atoms with Gasteiger partial charge in [-0.15, -0.1) is 0 Å². The van der Waals surface area contributed by atoms with E-state index in [1.54, 1.807) is 0 Å². The number of aliphatic hydroxyl groups excluding tert-OH is 1. The maximum atomic E-state index is 10.2. The highest BCUT2D eigenvalue weighted by Crippen LogP contribution is 2.28. The number of fused-ring (bicyclic) bond motifs is 1. The lowest BCUT2D eigenvalue weighted by Crippen LogP contribution is -2.30. The molecule has 3 heteroatoms. The lowest BCUT2D eigenvalue weighted by atomic mass is 9.95. The molecular formula is C16H22O3. The van der Waals surface area contributed by atoms with Crippen LogP contribution in [0.4, 0.5) is 0 Å². The quantitative estimate of drug-likeness (QED) is 0.905. The fraction of sp³-hybridized carbons (Fsp3) is 0.625. The van der Waals surface area contributed by atoms with E-state index in [2.05, 4.69) is 25.1 Å². The van der Waals surface area contributed by atoms with E-state index in [-0.39, 0.29) is 12.2 Å². The second-order valence-corrected chi connectivity index (χ2v) is 5.75. The molecule has 0 aliphatic carbocycles. The first kappa shape index (κ1) is 12.9. The van der Waals surface area contributed by atoms with Crippen LogP contribution in [0, 0.1) is 5.92 Å². The van der Waals surface area contributed by atoms with Crippen molar-refractivity contribution in [2.24, 2.45) is 5.92 Å². The zero-order valence-electron chi connectivity index (χ0n) is 11.5. The fourth-order valence-corrected chi connectivity index (χ4v) is 3.08. The Morgan fingerprint density at radius 1 is 1.37 bits per heavy atom. The summed E-state index contributed by atoms with van der Waals surface area (Å²) in [5.41, 5.74) is 2.59. The summed E-state index contributed by atoms with van der Waals surface area (Å²) in [7, 11) is 0. The first-order chi connectivity index (χ1) is 9.24. The largest absolute Gasteiger partial charge is 0.493 e. The molecule has 0 spiro atoms. The average Bonchev–Trinajstić information content (AvgIpc) is 3.03. The summed E-state index contributed by atoms with van der Waals surface area (Å²) in [6, 6.07) is 6.38. The Balaban J connectivity index is 1.57. The van der Waals surface area contributed by atoms with Crippen molar-refractivity contribution >= 4 is 0 Å². The molecule has 1 saturated heterocycles. The van der Waals surface area contributed by atoms with Crippen molar-refractivity contribution in [3.05, 3.63) is 29.3 Å². The van der Waals surface area contributed by atoms with Crippen LogP contribution in [0.25, 0.3) is 0 Å². The average molecular weight is 262 g/mol. The summed E-state index contributed by atoms with van der Waals surface area (Å²) < 4.78 is 11.1. The summed E-state index contributed by atoms with van der Waals surface area (Å²) in [5, 5.41) is 10.2. The highest BCUT2D eigenvalue weighted by Gasteiger charge is 2.30. The normalized spacial score (nSPS) is 27.1. The molecule has 0 radical (unpaired) electrons. The molecule has 3 unspecified atom stereocenters. The van der Waals surface area contributed by atoms with E-state index in [9.17, 15) is 5.11 Å². The third-order valence-electron chi connectivity index (χ3n) is 4.31. The SMILES string of the molecule is CC1CCOC1C(O)CCc1ccc2c(c1)CCO2. The number of benzene rings is 1. The highest BCUT2D eigenvalue weighted by molar-refractivity contribution is 5.39. The van der Waals surface area contributed by atoms with Crippen LogP contribution in [0.5, 0.6) is 5.75 Å². The molecule has 1 N–H and O–H groups in total. The van der Waals surface area contributed by atoms with Gasteiger partial charge in [0, 0.05) is 13.0 Å².